The van der Waals surface area contributed by atoms with Gasteiger partial charge in [0.2, 0.25) is 0 Å². The fourth-order valence-electron chi connectivity index (χ4n) is 7.05. The molecule has 4 amide bonds. The number of hydrogen-bond acceptors (Lipinski definition) is 6. The van der Waals surface area contributed by atoms with Gasteiger partial charge in [-0.2, -0.15) is 0 Å². The van der Waals surface area contributed by atoms with Gasteiger partial charge in [0, 0.05) is 54.3 Å². The van der Waals surface area contributed by atoms with E-state index in [4.69, 9.17) is 4.74 Å². The summed E-state index contributed by atoms with van der Waals surface area (Å²) in [6, 6.07) is 22.5. The zero-order valence-electron chi connectivity index (χ0n) is 25.3. The van der Waals surface area contributed by atoms with E-state index in [0.29, 0.717) is 36.4 Å². The molecule has 2 fully saturated rings. The highest BCUT2D eigenvalue weighted by Gasteiger charge is 2.52. The number of methoxy groups -OCH3 is 1. The molecule has 6 rings (SSSR count). The van der Waals surface area contributed by atoms with Crippen LogP contribution in [0.4, 0.5) is 10.5 Å². The summed E-state index contributed by atoms with van der Waals surface area (Å²) in [5.41, 5.74) is 2.78. The van der Waals surface area contributed by atoms with Gasteiger partial charge in [0.15, 0.2) is 0 Å². The number of ether oxygens (including phenoxy) is 1. The van der Waals surface area contributed by atoms with Crippen molar-refractivity contribution in [2.75, 3.05) is 59.2 Å². The largest absolute Gasteiger partial charge is 0.497 e. The van der Waals surface area contributed by atoms with Gasteiger partial charge in [-0.3, -0.25) is 19.4 Å². The molecule has 10 heteroatoms. The molecule has 0 spiro atoms. The van der Waals surface area contributed by atoms with Crippen molar-refractivity contribution < 1.29 is 19.1 Å². The number of fused-ring (bicyclic) bond motifs is 2. The molecule has 0 bridgehead atoms. The van der Waals surface area contributed by atoms with E-state index in [1.807, 2.05) is 41.3 Å². The van der Waals surface area contributed by atoms with Gasteiger partial charge < -0.3 is 19.9 Å². The second-order valence-corrected chi connectivity index (χ2v) is 13.1. The zero-order valence-corrected chi connectivity index (χ0v) is 26.9. The highest BCUT2D eigenvalue weighted by atomic mass is 79.9. The number of nitrogens with zero attached hydrogens (tertiary/aromatic N) is 4. The van der Waals surface area contributed by atoms with Gasteiger partial charge in [0.25, 0.3) is 11.8 Å². The Balaban J connectivity index is 1.29. The Bertz CT molecular complexity index is 1490. The Morgan fingerprint density at radius 1 is 0.955 bits per heavy atom. The summed E-state index contributed by atoms with van der Waals surface area (Å²) in [5, 5.41) is 3.09. The first-order chi connectivity index (χ1) is 21.2. The van der Waals surface area contributed by atoms with Crippen LogP contribution in [0.3, 0.4) is 0 Å². The summed E-state index contributed by atoms with van der Waals surface area (Å²) in [4.78, 5) is 48.5. The van der Waals surface area contributed by atoms with Crippen LogP contribution in [0.2, 0.25) is 0 Å². The maximum Gasteiger partial charge on any atom is 0.321 e. The van der Waals surface area contributed by atoms with Crippen LogP contribution in [-0.4, -0.2) is 103 Å². The first-order valence-electron chi connectivity index (χ1n) is 15.0. The third kappa shape index (κ3) is 5.98. The van der Waals surface area contributed by atoms with Crippen molar-refractivity contribution in [1.29, 1.82) is 0 Å². The van der Waals surface area contributed by atoms with E-state index in [2.05, 4.69) is 57.3 Å². The van der Waals surface area contributed by atoms with Crippen LogP contribution in [0.5, 0.6) is 5.75 Å². The lowest BCUT2D eigenvalue weighted by molar-refractivity contribution is -0.0509. The number of carbonyl (C=O) groups excluding carboxylic acids is 3. The number of halogens is 1. The maximum absolute atomic E-state index is 13.8. The van der Waals surface area contributed by atoms with Gasteiger partial charge in [0.1, 0.15) is 5.75 Å². The highest BCUT2D eigenvalue weighted by Crippen LogP contribution is 2.44. The Labute approximate surface area is 266 Å². The van der Waals surface area contributed by atoms with Crippen molar-refractivity contribution >= 4 is 39.5 Å². The lowest BCUT2D eigenvalue weighted by atomic mass is 9.73. The van der Waals surface area contributed by atoms with Gasteiger partial charge in [-0.25, -0.2) is 4.79 Å². The van der Waals surface area contributed by atoms with Crippen LogP contribution in [0.25, 0.3) is 0 Å². The average Bonchev–Trinajstić information content (AvgIpc) is 3.24. The zero-order chi connectivity index (χ0) is 31.0. The van der Waals surface area contributed by atoms with Gasteiger partial charge in [-0.05, 0) is 87.1 Å². The number of amides is 4. The molecule has 3 aliphatic heterocycles. The number of hydrogen-bond donors (Lipinski definition) is 1. The van der Waals surface area contributed by atoms with Crippen LogP contribution in [0.1, 0.15) is 38.6 Å². The molecule has 9 nitrogen and oxygen atoms in total. The quantitative estimate of drug-likeness (QED) is 0.359. The summed E-state index contributed by atoms with van der Waals surface area (Å²) in [5.74, 6) is 0.559. The van der Waals surface area contributed by atoms with E-state index < -0.39 is 0 Å². The summed E-state index contributed by atoms with van der Waals surface area (Å²) in [6.07, 6.45) is 0.896. The molecule has 230 valence electrons. The van der Waals surface area contributed by atoms with Crippen molar-refractivity contribution in [2.24, 2.45) is 5.92 Å². The third-order valence-corrected chi connectivity index (χ3v) is 9.65. The molecule has 1 unspecified atom stereocenters. The van der Waals surface area contributed by atoms with Crippen molar-refractivity contribution in [3.8, 4) is 5.75 Å². The smallest absolute Gasteiger partial charge is 0.321 e. The van der Waals surface area contributed by atoms with E-state index in [-0.39, 0.29) is 41.8 Å². The predicted octanol–water partition coefficient (Wildman–Crippen LogP) is 5.01. The van der Waals surface area contributed by atoms with E-state index in [0.717, 1.165) is 35.3 Å². The van der Waals surface area contributed by atoms with Crippen molar-refractivity contribution in [3.05, 3.63) is 94.0 Å². The molecule has 3 heterocycles. The minimum atomic E-state index is -0.235. The lowest BCUT2D eigenvalue weighted by Gasteiger charge is -2.58. The van der Waals surface area contributed by atoms with Crippen LogP contribution >= 0.6 is 15.9 Å². The number of anilines is 1. The fourth-order valence-corrected chi connectivity index (χ4v) is 7.31. The third-order valence-electron chi connectivity index (χ3n) is 9.12. The summed E-state index contributed by atoms with van der Waals surface area (Å²) in [7, 11) is 5.73. The van der Waals surface area contributed by atoms with E-state index in [1.165, 1.54) is 4.90 Å². The molecule has 3 aromatic rings. The second-order valence-electron chi connectivity index (χ2n) is 12.2. The van der Waals surface area contributed by atoms with Crippen LogP contribution in [-0.2, 0) is 0 Å². The number of benzene rings is 3. The normalized spacial score (nSPS) is 23.5. The van der Waals surface area contributed by atoms with Crippen LogP contribution in [0.15, 0.2) is 77.3 Å². The van der Waals surface area contributed by atoms with E-state index >= 15 is 0 Å². The number of rotatable bonds is 7. The maximum atomic E-state index is 13.8. The monoisotopic (exact) mass is 659 g/mol. The number of imide groups is 1. The van der Waals surface area contributed by atoms with Crippen LogP contribution in [0, 0.1) is 5.92 Å². The first kappa shape index (κ1) is 30.3. The summed E-state index contributed by atoms with van der Waals surface area (Å²) in [6.45, 7) is 3.16. The molecule has 4 atom stereocenters. The molecule has 0 aromatic heterocycles. The Hall–Kier alpha value is -3.73. The molecular weight excluding hydrogens is 622 g/mol. The molecule has 0 aliphatic carbocycles. The van der Waals surface area contributed by atoms with Crippen molar-refractivity contribution in [3.63, 3.8) is 0 Å². The Morgan fingerprint density at radius 3 is 2.23 bits per heavy atom. The molecular formula is C34H38BrN5O4. The van der Waals surface area contributed by atoms with Crippen molar-refractivity contribution in [1.82, 2.24) is 19.6 Å². The van der Waals surface area contributed by atoms with Crippen LogP contribution < -0.4 is 10.1 Å². The summed E-state index contributed by atoms with van der Waals surface area (Å²) < 4.78 is 6.26. The molecule has 2 saturated heterocycles. The molecule has 3 aliphatic rings. The minimum Gasteiger partial charge on any atom is -0.497 e. The molecule has 3 aromatic carbocycles. The fraction of sp³-hybridized carbons (Fsp3) is 0.382. The Morgan fingerprint density at radius 2 is 1.61 bits per heavy atom. The molecule has 1 N–H and O–H groups in total. The number of nitrogens with one attached hydrogen (secondary N) is 1. The highest BCUT2D eigenvalue weighted by molar-refractivity contribution is 9.10. The van der Waals surface area contributed by atoms with Crippen molar-refractivity contribution in [2.45, 2.75) is 24.4 Å². The van der Waals surface area contributed by atoms with E-state index in [1.54, 1.807) is 31.4 Å². The topological polar surface area (TPSA) is 85.4 Å². The van der Waals surface area contributed by atoms with Gasteiger partial charge in [-0.1, -0.05) is 40.2 Å². The first-order valence-corrected chi connectivity index (χ1v) is 15.8. The average molecular weight is 661 g/mol. The second kappa shape index (κ2) is 12.7. The molecule has 44 heavy (non-hydrogen) atoms. The SMILES string of the molecule is COc1ccc(NC(=O)N2CC(CN(C)C)CCN3[C@H](CN4C(=O)c5ccccc5C4=O)[C@H](c4ccc(Br)cc4)[C@@H]3C2)cc1. The Kier molecular flexibility index (Phi) is 8.75. The van der Waals surface area contributed by atoms with Gasteiger partial charge in [-0.15, -0.1) is 0 Å². The lowest BCUT2D eigenvalue weighted by Crippen LogP contribution is -2.70. The van der Waals surface area contributed by atoms with Gasteiger partial charge >= 0.3 is 6.03 Å². The molecule has 0 saturated carbocycles. The standard InChI is InChI=1S/C34H38BrN5O4/c1-37(2)18-22-16-17-39-29(20-38(19-22)34(43)36-25-12-14-26(44-3)15-13-25)31(23-8-10-24(35)11-9-23)30(39)21-40-32(41)27-6-4-5-7-28(27)33(40)42/h4-15,22,29-31H,16-21H2,1-3H3,(H,36,43)/t22?,29-,30+,31+/m0/s1. The minimum absolute atomic E-state index is 0.0362. The predicted molar refractivity (Wildman–Crippen MR) is 173 cm³/mol. The molecule has 0 radical (unpaired) electrons. The number of urea groups is 1. The summed E-state index contributed by atoms with van der Waals surface area (Å²) >= 11 is 3.56. The number of carbonyl (C=O) groups is 3. The van der Waals surface area contributed by atoms with E-state index in [9.17, 15) is 14.4 Å². The van der Waals surface area contributed by atoms with Gasteiger partial charge in [0.05, 0.1) is 18.2 Å².